The van der Waals surface area contributed by atoms with Gasteiger partial charge in [0.2, 0.25) is 0 Å². The third kappa shape index (κ3) is 7.04. The Morgan fingerprint density at radius 3 is 2.46 bits per heavy atom. The highest BCUT2D eigenvalue weighted by Crippen LogP contribution is 2.26. The first kappa shape index (κ1) is 22.0. The van der Waals surface area contributed by atoms with E-state index in [9.17, 15) is 0 Å². The minimum atomic E-state index is 0. The topological polar surface area (TPSA) is 42.9 Å². The number of guanidine groups is 1. The fourth-order valence-corrected chi connectivity index (χ4v) is 4.13. The quantitative estimate of drug-likeness (QED) is 0.370. The van der Waals surface area contributed by atoms with E-state index in [0.29, 0.717) is 6.04 Å². The van der Waals surface area contributed by atoms with E-state index in [0.717, 1.165) is 25.1 Å². The molecule has 5 nitrogen and oxygen atoms in total. The monoisotopic (exact) mass is 451 g/mol. The number of nitrogens with zero attached hydrogens (tertiary/aromatic N) is 3. The highest BCUT2D eigenvalue weighted by Gasteiger charge is 2.30. The summed E-state index contributed by atoms with van der Waals surface area (Å²) in [5.41, 5.74) is 0.229. The molecule has 1 saturated carbocycles. The number of hydrogen-bond donors (Lipinski definition) is 2. The Labute approximate surface area is 166 Å². The second kappa shape index (κ2) is 10.2. The number of likely N-dealkylation sites (tertiary alicyclic amines) is 1. The van der Waals surface area contributed by atoms with Crippen LogP contribution in [0, 0.1) is 5.41 Å². The molecular weight excluding hydrogens is 413 g/mol. The van der Waals surface area contributed by atoms with Crippen LogP contribution in [0.25, 0.3) is 0 Å². The average Bonchev–Trinajstić information content (AvgIpc) is 3.12. The van der Waals surface area contributed by atoms with Crippen LogP contribution in [0.5, 0.6) is 0 Å². The minimum absolute atomic E-state index is 0. The molecule has 2 N–H and O–H groups in total. The van der Waals surface area contributed by atoms with Crippen molar-refractivity contribution in [2.75, 3.05) is 47.3 Å². The molecule has 2 rings (SSSR count). The van der Waals surface area contributed by atoms with Gasteiger partial charge in [0, 0.05) is 45.3 Å². The lowest BCUT2D eigenvalue weighted by molar-refractivity contribution is 0.238. The molecule has 0 aromatic heterocycles. The normalized spacial score (nSPS) is 23.6. The number of aliphatic imine (C=N–C) groups is 1. The number of rotatable bonds is 6. The first-order valence-electron chi connectivity index (χ1n) is 9.25. The Bertz CT molecular complexity index is 391. The maximum absolute atomic E-state index is 4.42. The Morgan fingerprint density at radius 1 is 1.21 bits per heavy atom. The molecule has 142 valence electrons. The van der Waals surface area contributed by atoms with E-state index in [1.165, 1.54) is 45.2 Å². The number of halogens is 1. The van der Waals surface area contributed by atoms with Gasteiger partial charge in [-0.15, -0.1) is 24.0 Å². The largest absolute Gasteiger partial charge is 0.356 e. The summed E-state index contributed by atoms with van der Waals surface area (Å²) in [5, 5.41) is 7.15. The van der Waals surface area contributed by atoms with E-state index in [1.807, 2.05) is 7.05 Å². The molecule has 2 aliphatic rings. The highest BCUT2D eigenvalue weighted by molar-refractivity contribution is 14.0. The Kier molecular flexibility index (Phi) is 9.30. The first-order chi connectivity index (χ1) is 10.9. The van der Waals surface area contributed by atoms with E-state index in [4.69, 9.17) is 0 Å². The van der Waals surface area contributed by atoms with Gasteiger partial charge in [-0.25, -0.2) is 0 Å². The lowest BCUT2D eigenvalue weighted by Crippen LogP contribution is -2.48. The zero-order chi connectivity index (χ0) is 16.9. The van der Waals surface area contributed by atoms with Gasteiger partial charge in [-0.2, -0.15) is 0 Å². The fraction of sp³-hybridized carbons (Fsp3) is 0.944. The van der Waals surface area contributed by atoms with Gasteiger partial charge in [-0.1, -0.05) is 26.7 Å². The van der Waals surface area contributed by atoms with E-state index < -0.39 is 0 Å². The highest BCUT2D eigenvalue weighted by atomic mass is 127. The molecule has 0 aromatic carbocycles. The minimum Gasteiger partial charge on any atom is -0.356 e. The van der Waals surface area contributed by atoms with Crippen LogP contribution in [0.15, 0.2) is 4.99 Å². The van der Waals surface area contributed by atoms with Gasteiger partial charge < -0.3 is 15.5 Å². The van der Waals surface area contributed by atoms with E-state index in [1.54, 1.807) is 0 Å². The van der Waals surface area contributed by atoms with Crippen LogP contribution in [0.1, 0.15) is 46.0 Å². The molecule has 6 heteroatoms. The van der Waals surface area contributed by atoms with Crippen molar-refractivity contribution in [2.45, 2.75) is 58.0 Å². The predicted octanol–water partition coefficient (Wildman–Crippen LogP) is 2.37. The van der Waals surface area contributed by atoms with Crippen molar-refractivity contribution in [1.82, 2.24) is 20.4 Å². The first-order valence-corrected chi connectivity index (χ1v) is 9.25. The van der Waals surface area contributed by atoms with Gasteiger partial charge in [0.15, 0.2) is 5.96 Å². The van der Waals surface area contributed by atoms with Gasteiger partial charge >= 0.3 is 0 Å². The second-order valence-corrected chi connectivity index (χ2v) is 8.39. The summed E-state index contributed by atoms with van der Waals surface area (Å²) in [6, 6.07) is 1.38. The van der Waals surface area contributed by atoms with Crippen LogP contribution in [-0.2, 0) is 0 Å². The number of nitrogens with one attached hydrogen (secondary N) is 2. The molecule has 1 aliphatic carbocycles. The molecule has 1 atom stereocenters. The van der Waals surface area contributed by atoms with Crippen molar-refractivity contribution in [2.24, 2.45) is 10.4 Å². The zero-order valence-electron chi connectivity index (χ0n) is 16.3. The Hall–Kier alpha value is -0.0800. The van der Waals surface area contributed by atoms with Crippen LogP contribution in [0.3, 0.4) is 0 Å². The molecule has 0 aromatic rings. The molecular formula is C18H38IN5. The molecule has 1 heterocycles. The van der Waals surface area contributed by atoms with Gasteiger partial charge in [-0.05, 0) is 38.8 Å². The molecule has 0 bridgehead atoms. The van der Waals surface area contributed by atoms with Crippen LogP contribution in [0.4, 0.5) is 0 Å². The van der Waals surface area contributed by atoms with Gasteiger partial charge in [-0.3, -0.25) is 9.89 Å². The fourth-order valence-electron chi connectivity index (χ4n) is 4.13. The van der Waals surface area contributed by atoms with Crippen molar-refractivity contribution in [3.63, 3.8) is 0 Å². The third-order valence-corrected chi connectivity index (χ3v) is 5.10. The van der Waals surface area contributed by atoms with Gasteiger partial charge in [0.05, 0.1) is 0 Å². The van der Waals surface area contributed by atoms with Crippen molar-refractivity contribution in [3.8, 4) is 0 Å². The van der Waals surface area contributed by atoms with Gasteiger partial charge in [0.1, 0.15) is 0 Å². The van der Waals surface area contributed by atoms with E-state index >= 15 is 0 Å². The van der Waals surface area contributed by atoms with Crippen molar-refractivity contribution >= 4 is 29.9 Å². The molecule has 1 saturated heterocycles. The van der Waals surface area contributed by atoms with Gasteiger partial charge in [0.25, 0.3) is 0 Å². The van der Waals surface area contributed by atoms with Crippen molar-refractivity contribution in [1.29, 1.82) is 0 Å². The van der Waals surface area contributed by atoms with Crippen molar-refractivity contribution < 1.29 is 0 Å². The summed E-state index contributed by atoms with van der Waals surface area (Å²) >= 11 is 0. The molecule has 1 aliphatic heterocycles. The summed E-state index contributed by atoms with van der Waals surface area (Å²) in [4.78, 5) is 9.35. The Balaban J connectivity index is 0.00000288. The average molecular weight is 451 g/mol. The summed E-state index contributed by atoms with van der Waals surface area (Å²) in [6.07, 6.45) is 6.88. The standard InChI is InChI=1S/C18H37N5.HI/c1-18(2,14-22(4)5)13-20-17(19-3)21-15-10-11-23(12-15)16-8-6-7-9-16;/h15-16H,6-14H2,1-5H3,(H2,19,20,21);1H. The summed E-state index contributed by atoms with van der Waals surface area (Å²) in [6.45, 7) is 9.01. The maximum Gasteiger partial charge on any atom is 0.191 e. The molecule has 0 amide bonds. The molecule has 24 heavy (non-hydrogen) atoms. The molecule has 0 spiro atoms. The lowest BCUT2D eigenvalue weighted by Gasteiger charge is -2.30. The smallest absolute Gasteiger partial charge is 0.191 e. The predicted molar refractivity (Wildman–Crippen MR) is 114 cm³/mol. The summed E-state index contributed by atoms with van der Waals surface area (Å²) in [7, 11) is 6.13. The van der Waals surface area contributed by atoms with Crippen LogP contribution < -0.4 is 10.6 Å². The van der Waals surface area contributed by atoms with E-state index in [-0.39, 0.29) is 29.4 Å². The molecule has 1 unspecified atom stereocenters. The van der Waals surface area contributed by atoms with Crippen LogP contribution >= 0.6 is 24.0 Å². The zero-order valence-corrected chi connectivity index (χ0v) is 18.6. The molecule has 2 fully saturated rings. The Morgan fingerprint density at radius 2 is 1.88 bits per heavy atom. The number of hydrogen-bond acceptors (Lipinski definition) is 3. The van der Waals surface area contributed by atoms with Crippen LogP contribution in [-0.4, -0.2) is 75.2 Å². The third-order valence-electron chi connectivity index (χ3n) is 5.10. The van der Waals surface area contributed by atoms with E-state index in [2.05, 4.69) is 53.4 Å². The molecule has 0 radical (unpaired) electrons. The summed E-state index contributed by atoms with van der Waals surface area (Å²) in [5.74, 6) is 0.954. The summed E-state index contributed by atoms with van der Waals surface area (Å²) < 4.78 is 0. The van der Waals surface area contributed by atoms with Crippen LogP contribution in [0.2, 0.25) is 0 Å². The second-order valence-electron chi connectivity index (χ2n) is 8.39. The SMILES string of the molecule is CN=C(NCC(C)(C)CN(C)C)NC1CCN(C2CCCC2)C1.I. The lowest BCUT2D eigenvalue weighted by atomic mass is 9.93. The maximum atomic E-state index is 4.42. The van der Waals surface area contributed by atoms with Crippen molar-refractivity contribution in [3.05, 3.63) is 0 Å².